The molecule has 2 fully saturated rings. The zero-order chi connectivity index (χ0) is 10.7. The number of hydrogen-bond donors (Lipinski definition) is 1. The quantitative estimate of drug-likeness (QED) is 0.773. The molecule has 0 aromatic rings. The zero-order valence-corrected chi connectivity index (χ0v) is 10.4. The summed E-state index contributed by atoms with van der Waals surface area (Å²) in [7, 11) is -3.01. The maximum Gasteiger partial charge on any atom is 0.215 e. The van der Waals surface area contributed by atoms with E-state index >= 15 is 0 Å². The molecule has 4 nitrogen and oxygen atoms in total. The number of hydrogen-bond acceptors (Lipinski definition) is 4. The van der Waals surface area contributed by atoms with E-state index in [2.05, 4.69) is 5.32 Å². The van der Waals surface area contributed by atoms with E-state index in [4.69, 9.17) is 0 Å². The molecule has 0 spiro atoms. The molecule has 0 aromatic carbocycles. The van der Waals surface area contributed by atoms with Crippen molar-refractivity contribution >= 4 is 21.8 Å². The van der Waals surface area contributed by atoms with Gasteiger partial charge in [-0.05, 0) is 19.4 Å². The summed E-state index contributed by atoms with van der Waals surface area (Å²) < 4.78 is 25.7. The molecule has 1 N–H and O–H groups in total. The fourth-order valence-corrected chi connectivity index (χ4v) is 4.96. The Labute approximate surface area is 95.8 Å². The molecule has 0 bridgehead atoms. The van der Waals surface area contributed by atoms with Crippen LogP contribution in [0.1, 0.15) is 12.8 Å². The predicted molar refractivity (Wildman–Crippen MR) is 63.7 cm³/mol. The lowest BCUT2D eigenvalue weighted by Gasteiger charge is -2.26. The van der Waals surface area contributed by atoms with Gasteiger partial charge < -0.3 is 5.32 Å². The lowest BCUT2D eigenvalue weighted by atomic mass is 10.3. The van der Waals surface area contributed by atoms with E-state index in [-0.39, 0.29) is 11.8 Å². The average molecular weight is 250 g/mol. The third-order valence-electron chi connectivity index (χ3n) is 2.94. The van der Waals surface area contributed by atoms with Crippen LogP contribution >= 0.6 is 11.8 Å². The highest BCUT2D eigenvalue weighted by Gasteiger charge is 2.28. The molecule has 88 valence electrons. The van der Waals surface area contributed by atoms with Crippen LogP contribution in [-0.2, 0) is 10.0 Å². The summed E-state index contributed by atoms with van der Waals surface area (Å²) in [6, 6.07) is 0.185. The molecule has 15 heavy (non-hydrogen) atoms. The van der Waals surface area contributed by atoms with Gasteiger partial charge in [0.2, 0.25) is 10.0 Å². The Kier molecular flexibility index (Phi) is 3.93. The smallest absolute Gasteiger partial charge is 0.215 e. The standard InChI is InChI=1S/C9H18N2O2S2/c12-15(13,8-9-2-1-3-10-9)11-4-6-14-7-5-11/h9-10H,1-8H2. The van der Waals surface area contributed by atoms with E-state index in [1.165, 1.54) is 0 Å². The molecular weight excluding hydrogens is 232 g/mol. The van der Waals surface area contributed by atoms with Gasteiger partial charge in [-0.2, -0.15) is 11.8 Å². The van der Waals surface area contributed by atoms with Gasteiger partial charge in [0.25, 0.3) is 0 Å². The normalized spacial score (nSPS) is 29.5. The molecular formula is C9H18N2O2S2. The Bertz CT molecular complexity index is 293. The van der Waals surface area contributed by atoms with Crippen molar-refractivity contribution in [3.8, 4) is 0 Å². The third kappa shape index (κ3) is 3.09. The van der Waals surface area contributed by atoms with E-state index in [1.54, 1.807) is 4.31 Å². The number of thioether (sulfide) groups is 1. The summed E-state index contributed by atoms with van der Waals surface area (Å²) in [6.07, 6.45) is 2.11. The molecule has 0 aromatic heterocycles. The third-order valence-corrected chi connectivity index (χ3v) is 5.86. The van der Waals surface area contributed by atoms with Gasteiger partial charge in [0.05, 0.1) is 5.75 Å². The Morgan fingerprint density at radius 3 is 2.67 bits per heavy atom. The number of nitrogens with one attached hydrogen (secondary N) is 1. The van der Waals surface area contributed by atoms with Crippen LogP contribution in [-0.4, -0.2) is 55.7 Å². The maximum absolute atomic E-state index is 12.0. The van der Waals surface area contributed by atoms with Crippen molar-refractivity contribution in [1.29, 1.82) is 0 Å². The molecule has 0 amide bonds. The van der Waals surface area contributed by atoms with Crippen molar-refractivity contribution in [3.05, 3.63) is 0 Å². The topological polar surface area (TPSA) is 49.4 Å². The minimum Gasteiger partial charge on any atom is -0.313 e. The van der Waals surface area contributed by atoms with E-state index in [1.807, 2.05) is 11.8 Å². The Hall–Kier alpha value is 0.220. The second kappa shape index (κ2) is 5.03. The molecule has 2 heterocycles. The fraction of sp³-hybridized carbons (Fsp3) is 1.00. The largest absolute Gasteiger partial charge is 0.313 e. The van der Waals surface area contributed by atoms with Crippen molar-refractivity contribution < 1.29 is 8.42 Å². The monoisotopic (exact) mass is 250 g/mol. The first-order chi connectivity index (χ1) is 7.18. The summed E-state index contributed by atoms with van der Waals surface area (Å²) in [5.74, 6) is 2.17. The first kappa shape index (κ1) is 11.7. The molecule has 0 radical (unpaired) electrons. The molecule has 2 saturated heterocycles. The van der Waals surface area contributed by atoms with Crippen molar-refractivity contribution in [3.63, 3.8) is 0 Å². The van der Waals surface area contributed by atoms with Gasteiger partial charge in [-0.3, -0.25) is 0 Å². The van der Waals surface area contributed by atoms with Gasteiger partial charge in [0.15, 0.2) is 0 Å². The second-order valence-corrected chi connectivity index (χ2v) is 7.32. The van der Waals surface area contributed by atoms with Crippen molar-refractivity contribution in [2.75, 3.05) is 36.9 Å². The van der Waals surface area contributed by atoms with Gasteiger partial charge >= 0.3 is 0 Å². The van der Waals surface area contributed by atoms with E-state index in [0.29, 0.717) is 13.1 Å². The van der Waals surface area contributed by atoms with Gasteiger partial charge in [-0.1, -0.05) is 0 Å². The maximum atomic E-state index is 12.0. The molecule has 2 rings (SSSR count). The highest BCUT2D eigenvalue weighted by molar-refractivity contribution is 7.99. The molecule has 1 atom stereocenters. The fourth-order valence-electron chi connectivity index (χ4n) is 2.08. The van der Waals surface area contributed by atoms with Crippen LogP contribution in [0, 0.1) is 0 Å². The van der Waals surface area contributed by atoms with Crippen LogP contribution in [0.3, 0.4) is 0 Å². The van der Waals surface area contributed by atoms with E-state index in [0.717, 1.165) is 30.9 Å². The Morgan fingerprint density at radius 1 is 1.33 bits per heavy atom. The van der Waals surface area contributed by atoms with Gasteiger partial charge in [0, 0.05) is 30.6 Å². The van der Waals surface area contributed by atoms with Crippen molar-refractivity contribution in [2.45, 2.75) is 18.9 Å². The predicted octanol–water partition coefficient (Wildman–Crippen LogP) is 0.117. The van der Waals surface area contributed by atoms with E-state index in [9.17, 15) is 8.42 Å². The summed E-state index contributed by atoms with van der Waals surface area (Å²) >= 11 is 1.84. The molecule has 0 saturated carbocycles. The minimum absolute atomic E-state index is 0.185. The molecule has 2 aliphatic heterocycles. The van der Waals surface area contributed by atoms with Crippen LogP contribution < -0.4 is 5.32 Å². The number of rotatable bonds is 3. The lowest BCUT2D eigenvalue weighted by molar-refractivity contribution is 0.438. The average Bonchev–Trinajstić information content (AvgIpc) is 2.71. The van der Waals surface area contributed by atoms with Crippen LogP contribution in [0.25, 0.3) is 0 Å². The molecule has 0 aliphatic carbocycles. The van der Waals surface area contributed by atoms with Crippen molar-refractivity contribution in [2.24, 2.45) is 0 Å². The first-order valence-electron chi connectivity index (χ1n) is 5.47. The summed E-state index contributed by atoms with van der Waals surface area (Å²) in [5, 5.41) is 3.24. The number of sulfonamides is 1. The van der Waals surface area contributed by atoms with Crippen LogP contribution in [0.2, 0.25) is 0 Å². The zero-order valence-electron chi connectivity index (χ0n) is 8.81. The Balaban J connectivity index is 1.92. The van der Waals surface area contributed by atoms with Crippen LogP contribution in [0.15, 0.2) is 0 Å². The minimum atomic E-state index is -3.01. The van der Waals surface area contributed by atoms with Gasteiger partial charge in [-0.15, -0.1) is 0 Å². The molecule has 2 aliphatic rings. The molecule has 1 unspecified atom stereocenters. The van der Waals surface area contributed by atoms with Crippen molar-refractivity contribution in [1.82, 2.24) is 9.62 Å². The van der Waals surface area contributed by atoms with Gasteiger partial charge in [-0.25, -0.2) is 12.7 Å². The van der Waals surface area contributed by atoms with E-state index < -0.39 is 10.0 Å². The summed E-state index contributed by atoms with van der Waals surface area (Å²) in [5.41, 5.74) is 0. The van der Waals surface area contributed by atoms with Gasteiger partial charge in [0.1, 0.15) is 0 Å². The van der Waals surface area contributed by atoms with Crippen LogP contribution in [0.4, 0.5) is 0 Å². The second-order valence-electron chi connectivity index (χ2n) is 4.08. The Morgan fingerprint density at radius 2 is 2.07 bits per heavy atom. The SMILES string of the molecule is O=S(=O)(CC1CCCN1)N1CCSCC1. The first-order valence-corrected chi connectivity index (χ1v) is 8.24. The van der Waals surface area contributed by atoms with Crippen LogP contribution in [0.5, 0.6) is 0 Å². The summed E-state index contributed by atoms with van der Waals surface area (Å²) in [4.78, 5) is 0. The highest BCUT2D eigenvalue weighted by Crippen LogP contribution is 2.16. The lowest BCUT2D eigenvalue weighted by Crippen LogP contribution is -2.43. The highest BCUT2D eigenvalue weighted by atomic mass is 32.2. The molecule has 6 heteroatoms. The number of nitrogens with zero attached hydrogens (tertiary/aromatic N) is 1. The summed E-state index contributed by atoms with van der Waals surface area (Å²) in [6.45, 7) is 2.36.